The van der Waals surface area contributed by atoms with Gasteiger partial charge < -0.3 is 9.64 Å². The van der Waals surface area contributed by atoms with Gasteiger partial charge in [-0.2, -0.15) is 0 Å². The number of carbonyl (C=O) groups is 1. The number of hydrogen-bond donors (Lipinski definition) is 0. The predicted molar refractivity (Wildman–Crippen MR) is 89.3 cm³/mol. The lowest BCUT2D eigenvalue weighted by Crippen LogP contribution is -2.35. The fraction of sp³-hybridized carbons (Fsp3) is 0.562. The number of hydrogen-bond acceptors (Lipinski definition) is 2. The average Bonchev–Trinajstić information content (AvgIpc) is 2.82. The molecule has 0 aromatic heterocycles. The average molecular weight is 375 g/mol. The quantitative estimate of drug-likeness (QED) is 0.703. The van der Waals surface area contributed by atoms with Gasteiger partial charge in [0.15, 0.2) is 0 Å². The molecule has 1 amide bonds. The molecule has 1 fully saturated rings. The molecule has 0 saturated carbocycles. The number of rotatable bonds is 2. The molecule has 2 rings (SSSR count). The highest BCUT2D eigenvalue weighted by molar-refractivity contribution is 9.09. The highest BCUT2D eigenvalue weighted by Gasteiger charge is 2.37. The summed E-state index contributed by atoms with van der Waals surface area (Å²) in [6.07, 6.45) is -0.232. The second-order valence-electron chi connectivity index (χ2n) is 6.46. The number of amides is 1. The Hall–Kier alpha value is -0.740. The lowest BCUT2D eigenvalue weighted by Gasteiger charge is -2.24. The Labute approximate surface area is 139 Å². The van der Waals surface area contributed by atoms with Gasteiger partial charge in [-0.05, 0) is 44.4 Å². The van der Waals surface area contributed by atoms with E-state index < -0.39 is 5.60 Å². The highest BCUT2D eigenvalue weighted by atomic mass is 79.9. The number of likely N-dealkylation sites (tertiary alicyclic amines) is 1. The van der Waals surface area contributed by atoms with Gasteiger partial charge >= 0.3 is 6.09 Å². The van der Waals surface area contributed by atoms with E-state index in [2.05, 4.69) is 15.9 Å². The molecule has 1 aliphatic rings. The van der Waals surface area contributed by atoms with Crippen LogP contribution in [0.5, 0.6) is 0 Å². The summed E-state index contributed by atoms with van der Waals surface area (Å²) >= 11 is 9.51. The van der Waals surface area contributed by atoms with Crippen LogP contribution in [0.4, 0.5) is 4.79 Å². The van der Waals surface area contributed by atoms with Gasteiger partial charge in [0.1, 0.15) is 5.60 Å². The van der Waals surface area contributed by atoms with Crippen LogP contribution in [0.25, 0.3) is 0 Å². The van der Waals surface area contributed by atoms with Crippen LogP contribution in [-0.2, 0) is 4.74 Å². The third kappa shape index (κ3) is 4.36. The Morgan fingerprint density at radius 1 is 1.33 bits per heavy atom. The fourth-order valence-corrected chi connectivity index (χ4v) is 3.37. The molecule has 116 valence electrons. The van der Waals surface area contributed by atoms with Gasteiger partial charge in [-0.25, -0.2) is 4.79 Å². The Bertz CT molecular complexity index is 498. The summed E-state index contributed by atoms with van der Waals surface area (Å²) in [6, 6.07) is 7.89. The summed E-state index contributed by atoms with van der Waals surface area (Å²) in [5.74, 6) is 0.702. The van der Waals surface area contributed by atoms with Crippen LogP contribution >= 0.6 is 27.5 Å². The Balaban J connectivity index is 2.10. The van der Waals surface area contributed by atoms with Gasteiger partial charge in [0, 0.05) is 29.4 Å². The van der Waals surface area contributed by atoms with Crippen molar-refractivity contribution in [2.45, 2.75) is 32.3 Å². The van der Waals surface area contributed by atoms with Crippen LogP contribution in [0, 0.1) is 5.92 Å². The molecule has 0 N–H and O–H groups in total. The van der Waals surface area contributed by atoms with Crippen LogP contribution in [0.1, 0.15) is 32.3 Å². The van der Waals surface area contributed by atoms with Gasteiger partial charge in [-0.1, -0.05) is 39.7 Å². The summed E-state index contributed by atoms with van der Waals surface area (Å²) in [7, 11) is 0. The number of alkyl halides is 1. The summed E-state index contributed by atoms with van der Waals surface area (Å²) < 4.78 is 5.47. The second kappa shape index (κ2) is 6.57. The zero-order chi connectivity index (χ0) is 15.6. The molecular weight excluding hydrogens is 354 g/mol. The molecule has 3 nitrogen and oxygen atoms in total. The molecule has 1 aliphatic heterocycles. The molecule has 0 aliphatic carbocycles. The SMILES string of the molecule is CC(C)(C)OC(=O)N1C[C@@H](CBr)[C@H](c2ccc(Cl)cc2)C1. The minimum absolute atomic E-state index is 0.232. The van der Waals surface area contributed by atoms with Crippen molar-refractivity contribution < 1.29 is 9.53 Å². The Morgan fingerprint density at radius 2 is 1.95 bits per heavy atom. The van der Waals surface area contributed by atoms with Gasteiger partial charge in [0.25, 0.3) is 0 Å². The standard InChI is InChI=1S/C16H21BrClNO2/c1-16(2,3)21-15(20)19-9-12(8-17)14(10-19)11-4-6-13(18)7-5-11/h4-7,12,14H,8-10H2,1-3H3/t12-,14+/m1/s1. The number of halogens is 2. The molecular formula is C16H21BrClNO2. The van der Waals surface area contributed by atoms with Gasteiger partial charge in [-0.15, -0.1) is 0 Å². The summed E-state index contributed by atoms with van der Waals surface area (Å²) in [5.41, 5.74) is 0.759. The first kappa shape index (κ1) is 16.6. The first-order valence-electron chi connectivity index (χ1n) is 7.09. The van der Waals surface area contributed by atoms with Crippen LogP contribution in [0.15, 0.2) is 24.3 Å². The van der Waals surface area contributed by atoms with Crippen LogP contribution < -0.4 is 0 Å². The molecule has 0 radical (unpaired) electrons. The van der Waals surface area contributed by atoms with Crippen molar-refractivity contribution >= 4 is 33.6 Å². The van der Waals surface area contributed by atoms with Crippen molar-refractivity contribution in [2.24, 2.45) is 5.92 Å². The molecule has 0 unspecified atom stereocenters. The van der Waals surface area contributed by atoms with E-state index in [1.165, 1.54) is 5.56 Å². The van der Waals surface area contributed by atoms with E-state index in [4.69, 9.17) is 16.3 Å². The van der Waals surface area contributed by atoms with Gasteiger partial charge in [-0.3, -0.25) is 0 Å². The van der Waals surface area contributed by atoms with Crippen molar-refractivity contribution in [1.82, 2.24) is 4.90 Å². The minimum atomic E-state index is -0.459. The van der Waals surface area contributed by atoms with Crippen molar-refractivity contribution in [2.75, 3.05) is 18.4 Å². The molecule has 1 aromatic carbocycles. The first-order valence-corrected chi connectivity index (χ1v) is 8.59. The highest BCUT2D eigenvalue weighted by Crippen LogP contribution is 2.35. The van der Waals surface area contributed by atoms with Crippen LogP contribution in [0.3, 0.4) is 0 Å². The topological polar surface area (TPSA) is 29.5 Å². The zero-order valence-corrected chi connectivity index (χ0v) is 14.9. The first-order chi connectivity index (χ1) is 9.80. The van der Waals surface area contributed by atoms with Crippen molar-refractivity contribution in [1.29, 1.82) is 0 Å². The molecule has 0 bridgehead atoms. The third-order valence-corrected chi connectivity index (χ3v) is 4.67. The monoisotopic (exact) mass is 373 g/mol. The van der Waals surface area contributed by atoms with E-state index in [1.807, 2.05) is 45.0 Å². The van der Waals surface area contributed by atoms with E-state index in [1.54, 1.807) is 4.90 Å². The van der Waals surface area contributed by atoms with E-state index in [0.717, 1.165) is 10.4 Å². The number of ether oxygens (including phenoxy) is 1. The zero-order valence-electron chi connectivity index (χ0n) is 12.6. The maximum atomic E-state index is 12.2. The van der Waals surface area contributed by atoms with E-state index in [-0.39, 0.29) is 6.09 Å². The van der Waals surface area contributed by atoms with Crippen molar-refractivity contribution in [3.8, 4) is 0 Å². The fourth-order valence-electron chi connectivity index (χ4n) is 2.59. The number of nitrogens with zero attached hydrogens (tertiary/aromatic N) is 1. The third-order valence-electron chi connectivity index (χ3n) is 3.59. The largest absolute Gasteiger partial charge is 0.444 e. The van der Waals surface area contributed by atoms with Crippen molar-refractivity contribution in [3.63, 3.8) is 0 Å². The molecule has 1 heterocycles. The van der Waals surface area contributed by atoms with E-state index in [0.29, 0.717) is 24.9 Å². The Morgan fingerprint density at radius 3 is 2.48 bits per heavy atom. The lowest BCUT2D eigenvalue weighted by atomic mass is 9.90. The lowest BCUT2D eigenvalue weighted by molar-refractivity contribution is 0.0288. The maximum absolute atomic E-state index is 12.2. The Kier molecular flexibility index (Phi) is 5.20. The normalized spacial score (nSPS) is 22.4. The molecule has 2 atom stereocenters. The second-order valence-corrected chi connectivity index (χ2v) is 7.54. The van der Waals surface area contributed by atoms with Gasteiger partial charge in [0.2, 0.25) is 0 Å². The molecule has 0 spiro atoms. The maximum Gasteiger partial charge on any atom is 0.410 e. The smallest absolute Gasteiger partial charge is 0.410 e. The minimum Gasteiger partial charge on any atom is -0.444 e. The van der Waals surface area contributed by atoms with Crippen LogP contribution in [-0.4, -0.2) is 35.0 Å². The molecule has 1 saturated heterocycles. The predicted octanol–water partition coefficient (Wildman–Crippen LogP) is 4.69. The van der Waals surface area contributed by atoms with Crippen LogP contribution in [0.2, 0.25) is 5.02 Å². The van der Waals surface area contributed by atoms with Crippen molar-refractivity contribution in [3.05, 3.63) is 34.9 Å². The van der Waals surface area contributed by atoms with E-state index >= 15 is 0 Å². The molecule has 21 heavy (non-hydrogen) atoms. The number of benzene rings is 1. The molecule has 1 aromatic rings. The summed E-state index contributed by atoms with van der Waals surface area (Å²) in [6.45, 7) is 7.07. The summed E-state index contributed by atoms with van der Waals surface area (Å²) in [5, 5.41) is 1.59. The number of carbonyl (C=O) groups excluding carboxylic acids is 1. The summed E-state index contributed by atoms with van der Waals surface area (Å²) in [4.78, 5) is 14.0. The van der Waals surface area contributed by atoms with E-state index in [9.17, 15) is 4.79 Å². The van der Waals surface area contributed by atoms with Gasteiger partial charge in [0.05, 0.1) is 0 Å². The molecule has 5 heteroatoms.